The van der Waals surface area contributed by atoms with E-state index in [9.17, 15) is 8.78 Å². The fraction of sp³-hybridized carbons (Fsp3) is 1.00. The molecule has 10 heavy (non-hydrogen) atoms. The lowest BCUT2D eigenvalue weighted by Crippen LogP contribution is -2.61. The highest BCUT2D eigenvalue weighted by Gasteiger charge is 2.58. The fourth-order valence-electron chi connectivity index (χ4n) is 1.70. The largest absolute Gasteiger partial charge is 0.316 e. The molecular weight excluding hydrogens is 160 g/mol. The van der Waals surface area contributed by atoms with Crippen molar-refractivity contribution in [2.45, 2.75) is 12.3 Å². The first-order valence-corrected chi connectivity index (χ1v) is 3.30. The zero-order chi connectivity index (χ0) is 6.48. The van der Waals surface area contributed by atoms with Crippen LogP contribution in [-0.2, 0) is 0 Å². The van der Waals surface area contributed by atoms with Crippen LogP contribution in [0.4, 0.5) is 8.78 Å². The van der Waals surface area contributed by atoms with Gasteiger partial charge in [-0.1, -0.05) is 0 Å². The third-order valence-corrected chi connectivity index (χ3v) is 2.44. The van der Waals surface area contributed by atoms with E-state index in [1.165, 1.54) is 0 Å². The maximum atomic E-state index is 12.6. The van der Waals surface area contributed by atoms with Crippen molar-refractivity contribution >= 4 is 12.4 Å². The Morgan fingerprint density at radius 1 is 1.20 bits per heavy atom. The van der Waals surface area contributed by atoms with Gasteiger partial charge >= 0.3 is 0 Å². The summed E-state index contributed by atoms with van der Waals surface area (Å²) in [4.78, 5) is 0. The van der Waals surface area contributed by atoms with Crippen LogP contribution in [0.25, 0.3) is 0 Å². The van der Waals surface area contributed by atoms with E-state index in [1.54, 1.807) is 0 Å². The molecule has 4 heteroatoms. The van der Waals surface area contributed by atoms with E-state index >= 15 is 0 Å². The van der Waals surface area contributed by atoms with Gasteiger partial charge in [0.05, 0.1) is 0 Å². The highest BCUT2D eigenvalue weighted by atomic mass is 35.5. The van der Waals surface area contributed by atoms with Gasteiger partial charge in [-0.15, -0.1) is 12.4 Å². The van der Waals surface area contributed by atoms with Crippen LogP contribution >= 0.6 is 12.4 Å². The van der Waals surface area contributed by atoms with E-state index in [4.69, 9.17) is 0 Å². The second-order valence-electron chi connectivity index (χ2n) is 2.96. The third-order valence-electron chi connectivity index (χ3n) is 2.44. The summed E-state index contributed by atoms with van der Waals surface area (Å²) < 4.78 is 25.2. The molecule has 60 valence electrons. The predicted octanol–water partition coefficient (Wildman–Crippen LogP) is 1.28. The van der Waals surface area contributed by atoms with Crippen LogP contribution in [0.1, 0.15) is 6.42 Å². The number of piperidine rings is 2. The summed E-state index contributed by atoms with van der Waals surface area (Å²) in [5, 5.41) is 2.96. The van der Waals surface area contributed by atoms with E-state index < -0.39 is 5.92 Å². The molecule has 1 aliphatic carbocycles. The van der Waals surface area contributed by atoms with E-state index in [2.05, 4.69) is 5.32 Å². The summed E-state index contributed by atoms with van der Waals surface area (Å²) >= 11 is 0. The standard InChI is InChI=1S/C6H9F2N.ClH/c7-6(8)4-1-5(6)3-9-2-4;/h4-5,9H,1-3H2;1H. The first kappa shape index (κ1) is 8.21. The number of alkyl halides is 2. The summed E-state index contributed by atoms with van der Waals surface area (Å²) in [6.07, 6.45) is 0.736. The van der Waals surface area contributed by atoms with Crippen molar-refractivity contribution in [1.82, 2.24) is 5.32 Å². The molecule has 0 aromatic rings. The SMILES string of the molecule is Cl.FC1(F)C2CNCC1C2. The Labute approximate surface area is 64.6 Å². The second-order valence-corrected chi connectivity index (χ2v) is 2.96. The lowest BCUT2D eigenvalue weighted by molar-refractivity contribution is -0.200. The Morgan fingerprint density at radius 2 is 1.70 bits per heavy atom. The number of nitrogens with one attached hydrogen (secondary N) is 1. The molecular formula is C6H10ClF2N. The first-order chi connectivity index (χ1) is 4.21. The Morgan fingerprint density at radius 3 is 1.90 bits per heavy atom. The number of fused-ring (bicyclic) bond motifs is 2. The van der Waals surface area contributed by atoms with Crippen molar-refractivity contribution in [3.05, 3.63) is 0 Å². The molecule has 2 aliphatic heterocycles. The van der Waals surface area contributed by atoms with Gasteiger partial charge in [0, 0.05) is 24.9 Å². The summed E-state index contributed by atoms with van der Waals surface area (Å²) in [5.74, 6) is -3.03. The second kappa shape index (κ2) is 2.31. The van der Waals surface area contributed by atoms with Crippen LogP contribution in [0.15, 0.2) is 0 Å². The summed E-state index contributed by atoms with van der Waals surface area (Å²) in [6.45, 7) is 1.03. The highest BCUT2D eigenvalue weighted by molar-refractivity contribution is 5.85. The molecule has 0 aromatic heterocycles. The van der Waals surface area contributed by atoms with Crippen molar-refractivity contribution in [3.8, 4) is 0 Å². The smallest absolute Gasteiger partial charge is 0.256 e. The van der Waals surface area contributed by atoms with Crippen LogP contribution in [0.2, 0.25) is 0 Å². The van der Waals surface area contributed by atoms with Gasteiger partial charge in [-0.05, 0) is 6.42 Å². The molecule has 0 aromatic carbocycles. The van der Waals surface area contributed by atoms with E-state index in [1.807, 2.05) is 0 Å². The van der Waals surface area contributed by atoms with E-state index in [-0.39, 0.29) is 24.2 Å². The van der Waals surface area contributed by atoms with Crippen molar-refractivity contribution in [1.29, 1.82) is 0 Å². The van der Waals surface area contributed by atoms with Crippen LogP contribution < -0.4 is 5.32 Å². The lowest BCUT2D eigenvalue weighted by Gasteiger charge is -2.49. The Balaban J connectivity index is 0.000000500. The Bertz CT molecular complexity index is 124. The molecule has 2 bridgehead atoms. The van der Waals surface area contributed by atoms with Gasteiger partial charge in [0.25, 0.3) is 5.92 Å². The van der Waals surface area contributed by atoms with Gasteiger partial charge in [-0.25, -0.2) is 8.78 Å². The Kier molecular flexibility index (Phi) is 1.90. The molecule has 1 nitrogen and oxygen atoms in total. The molecule has 2 atom stereocenters. The molecule has 1 N–H and O–H groups in total. The minimum Gasteiger partial charge on any atom is -0.316 e. The average molecular weight is 170 g/mol. The molecule has 0 spiro atoms. The van der Waals surface area contributed by atoms with Gasteiger partial charge in [-0.2, -0.15) is 0 Å². The fourth-order valence-corrected chi connectivity index (χ4v) is 1.70. The molecule has 1 saturated carbocycles. The number of rotatable bonds is 0. The maximum Gasteiger partial charge on any atom is 0.256 e. The van der Waals surface area contributed by atoms with Crippen molar-refractivity contribution in [2.75, 3.05) is 13.1 Å². The van der Waals surface area contributed by atoms with Crippen LogP contribution in [0, 0.1) is 11.8 Å². The average Bonchev–Trinajstić information content (AvgIpc) is 1.89. The minimum atomic E-state index is -2.33. The van der Waals surface area contributed by atoms with Crippen molar-refractivity contribution < 1.29 is 8.78 Å². The molecule has 3 aliphatic rings. The quantitative estimate of drug-likeness (QED) is 0.576. The van der Waals surface area contributed by atoms with Gasteiger partial charge in [0.2, 0.25) is 0 Å². The lowest BCUT2D eigenvalue weighted by atomic mass is 9.68. The first-order valence-electron chi connectivity index (χ1n) is 3.30. The van der Waals surface area contributed by atoms with E-state index in [0.29, 0.717) is 13.1 Å². The highest BCUT2D eigenvalue weighted by Crippen LogP contribution is 2.50. The molecule has 3 fully saturated rings. The molecule has 0 amide bonds. The molecule has 2 heterocycles. The predicted molar refractivity (Wildman–Crippen MR) is 36.7 cm³/mol. The van der Waals surface area contributed by atoms with Gasteiger partial charge in [-0.3, -0.25) is 0 Å². The number of halogens is 3. The van der Waals surface area contributed by atoms with Gasteiger partial charge in [0.1, 0.15) is 0 Å². The molecule has 2 saturated heterocycles. The van der Waals surface area contributed by atoms with Crippen LogP contribution in [0.3, 0.4) is 0 Å². The number of hydrogen-bond acceptors (Lipinski definition) is 1. The summed E-state index contributed by atoms with van der Waals surface area (Å²) in [7, 11) is 0. The normalized spacial score (nSPS) is 41.4. The van der Waals surface area contributed by atoms with Gasteiger partial charge in [0.15, 0.2) is 0 Å². The Hall–Kier alpha value is 0.110. The topological polar surface area (TPSA) is 12.0 Å². The number of hydrogen-bond donors (Lipinski definition) is 1. The molecule has 2 unspecified atom stereocenters. The third kappa shape index (κ3) is 0.839. The zero-order valence-electron chi connectivity index (χ0n) is 5.44. The van der Waals surface area contributed by atoms with E-state index in [0.717, 1.165) is 6.42 Å². The van der Waals surface area contributed by atoms with Crippen LogP contribution in [-0.4, -0.2) is 19.0 Å². The van der Waals surface area contributed by atoms with Crippen LogP contribution in [0.5, 0.6) is 0 Å². The van der Waals surface area contributed by atoms with Gasteiger partial charge < -0.3 is 5.32 Å². The summed E-state index contributed by atoms with van der Waals surface area (Å²) in [5.41, 5.74) is 0. The molecule has 3 rings (SSSR count). The minimum absolute atomic E-state index is 0. The maximum absolute atomic E-state index is 12.6. The van der Waals surface area contributed by atoms with Crippen molar-refractivity contribution in [2.24, 2.45) is 11.8 Å². The zero-order valence-corrected chi connectivity index (χ0v) is 6.26. The monoisotopic (exact) mass is 169 g/mol. The summed E-state index contributed by atoms with van der Waals surface area (Å²) in [6, 6.07) is 0. The molecule has 0 radical (unpaired) electrons. The van der Waals surface area contributed by atoms with Crippen molar-refractivity contribution in [3.63, 3.8) is 0 Å².